The van der Waals surface area contributed by atoms with Crippen molar-refractivity contribution in [3.8, 4) is 0 Å². The maximum Gasteiger partial charge on any atom is 0.326 e. The molecule has 122 valence electrons. The Morgan fingerprint density at radius 2 is 1.96 bits per heavy atom. The zero-order valence-electron chi connectivity index (χ0n) is 13.1. The standard InChI is InChI=1S/C17H17N5OS/c1-2-11-7-3-4-8-12(11)19-16(23)21-15(18)22-17-20-13-9-5-6-10-14(13)24-17/h3-10H,2H2,1H3,(H4,18,19,20,21,22,23). The van der Waals surface area contributed by atoms with Crippen molar-refractivity contribution in [2.45, 2.75) is 13.3 Å². The summed E-state index contributed by atoms with van der Waals surface area (Å²) in [6.45, 7) is 2.03. The number of aromatic nitrogens is 1. The predicted molar refractivity (Wildman–Crippen MR) is 98.9 cm³/mol. The number of carbonyl (C=O) groups excluding carboxylic acids is 1. The summed E-state index contributed by atoms with van der Waals surface area (Å²) in [5.74, 6) is 0.000496. The molecule has 0 saturated heterocycles. The third-order valence-corrected chi connectivity index (χ3v) is 4.32. The lowest BCUT2D eigenvalue weighted by Crippen LogP contribution is -2.39. The quantitative estimate of drug-likeness (QED) is 0.502. The Morgan fingerprint density at radius 3 is 2.75 bits per heavy atom. The van der Waals surface area contributed by atoms with E-state index in [1.165, 1.54) is 11.3 Å². The number of guanidine groups is 1. The number of aliphatic imine (C=N–C) groups is 1. The van der Waals surface area contributed by atoms with Gasteiger partial charge in [0.15, 0.2) is 0 Å². The minimum absolute atomic E-state index is 0.000496. The van der Waals surface area contributed by atoms with Crippen LogP contribution in [0.2, 0.25) is 0 Å². The van der Waals surface area contributed by atoms with Gasteiger partial charge in [-0.25, -0.2) is 9.78 Å². The zero-order valence-corrected chi connectivity index (χ0v) is 13.9. The summed E-state index contributed by atoms with van der Waals surface area (Å²) in [5.41, 5.74) is 8.46. The molecule has 2 aromatic carbocycles. The fraction of sp³-hybridized carbons (Fsp3) is 0.118. The molecule has 2 amide bonds. The van der Waals surface area contributed by atoms with Crippen molar-refractivity contribution in [3.05, 3.63) is 54.1 Å². The molecule has 3 rings (SSSR count). The fourth-order valence-corrected chi connectivity index (χ4v) is 3.11. The Hall–Kier alpha value is -2.93. The Labute approximate surface area is 143 Å². The maximum absolute atomic E-state index is 12.1. The molecule has 0 atom stereocenters. The normalized spacial score (nSPS) is 11.5. The molecule has 24 heavy (non-hydrogen) atoms. The van der Waals surface area contributed by atoms with Crippen LogP contribution in [0.5, 0.6) is 0 Å². The lowest BCUT2D eigenvalue weighted by molar-refractivity contribution is 0.256. The van der Waals surface area contributed by atoms with E-state index >= 15 is 0 Å². The Kier molecular flexibility index (Phi) is 4.72. The van der Waals surface area contributed by atoms with Crippen LogP contribution >= 0.6 is 11.3 Å². The van der Waals surface area contributed by atoms with Crippen LogP contribution in [-0.4, -0.2) is 17.0 Å². The second-order valence-corrected chi connectivity index (χ2v) is 6.06. The molecule has 6 nitrogen and oxygen atoms in total. The Bertz CT molecular complexity index is 870. The zero-order chi connectivity index (χ0) is 16.9. The van der Waals surface area contributed by atoms with Crippen molar-refractivity contribution in [2.24, 2.45) is 10.7 Å². The van der Waals surface area contributed by atoms with Gasteiger partial charge >= 0.3 is 6.03 Å². The van der Waals surface area contributed by atoms with E-state index in [1.807, 2.05) is 55.5 Å². The van der Waals surface area contributed by atoms with Crippen molar-refractivity contribution in [1.29, 1.82) is 0 Å². The number of hydrogen-bond acceptors (Lipinski definition) is 4. The highest BCUT2D eigenvalue weighted by atomic mass is 32.1. The predicted octanol–water partition coefficient (Wildman–Crippen LogP) is 3.63. The van der Waals surface area contributed by atoms with Crippen LogP contribution < -0.4 is 16.4 Å². The van der Waals surface area contributed by atoms with Crippen molar-refractivity contribution >= 4 is 44.4 Å². The molecule has 0 radical (unpaired) electrons. The van der Waals surface area contributed by atoms with Gasteiger partial charge in [0.25, 0.3) is 0 Å². The summed E-state index contributed by atoms with van der Waals surface area (Å²) in [5, 5.41) is 5.80. The highest BCUT2D eigenvalue weighted by Gasteiger charge is 2.08. The molecule has 4 N–H and O–H groups in total. The van der Waals surface area contributed by atoms with E-state index in [0.29, 0.717) is 5.13 Å². The first-order valence-electron chi connectivity index (χ1n) is 7.51. The number of fused-ring (bicyclic) bond motifs is 1. The molecule has 1 heterocycles. The summed E-state index contributed by atoms with van der Waals surface area (Å²) in [6, 6.07) is 14.9. The largest absolute Gasteiger partial charge is 0.369 e. The topological polar surface area (TPSA) is 92.4 Å². The number of amides is 2. The molecular formula is C17H17N5OS. The van der Waals surface area contributed by atoms with Crippen LogP contribution in [-0.2, 0) is 6.42 Å². The molecule has 0 fully saturated rings. The van der Waals surface area contributed by atoms with Crippen molar-refractivity contribution < 1.29 is 4.79 Å². The van der Waals surface area contributed by atoms with Crippen molar-refractivity contribution in [1.82, 2.24) is 10.3 Å². The molecule has 7 heteroatoms. The molecule has 0 saturated carbocycles. The van der Waals surface area contributed by atoms with Gasteiger partial charge in [-0.1, -0.05) is 48.6 Å². The van der Waals surface area contributed by atoms with Gasteiger partial charge in [0.2, 0.25) is 11.1 Å². The van der Waals surface area contributed by atoms with E-state index in [4.69, 9.17) is 5.73 Å². The first-order chi connectivity index (χ1) is 11.7. The molecule has 0 spiro atoms. The molecule has 0 aliphatic heterocycles. The number of urea groups is 1. The molecule has 0 aliphatic rings. The summed E-state index contributed by atoms with van der Waals surface area (Å²) >= 11 is 1.41. The van der Waals surface area contributed by atoms with Gasteiger partial charge in [0, 0.05) is 5.69 Å². The molecule has 3 aromatic rings. The average molecular weight is 339 g/mol. The number of para-hydroxylation sites is 2. The van der Waals surface area contributed by atoms with Gasteiger partial charge in [0.1, 0.15) is 0 Å². The van der Waals surface area contributed by atoms with Crippen LogP contribution in [0.3, 0.4) is 0 Å². The van der Waals surface area contributed by atoms with Gasteiger partial charge in [-0.05, 0) is 30.2 Å². The molecule has 1 aromatic heterocycles. The fourth-order valence-electron chi connectivity index (χ4n) is 2.26. The molecule has 0 bridgehead atoms. The van der Waals surface area contributed by atoms with E-state index in [1.54, 1.807) is 0 Å². The van der Waals surface area contributed by atoms with Crippen LogP contribution in [0.15, 0.2) is 53.5 Å². The smallest absolute Gasteiger partial charge is 0.326 e. The lowest BCUT2D eigenvalue weighted by Gasteiger charge is -2.10. The molecule has 0 aliphatic carbocycles. The van der Waals surface area contributed by atoms with Gasteiger partial charge in [-0.2, -0.15) is 4.99 Å². The Morgan fingerprint density at radius 1 is 1.21 bits per heavy atom. The van der Waals surface area contributed by atoms with Crippen LogP contribution in [0.25, 0.3) is 10.2 Å². The monoisotopic (exact) mass is 339 g/mol. The number of benzene rings is 2. The van der Waals surface area contributed by atoms with Crippen molar-refractivity contribution in [2.75, 3.05) is 5.32 Å². The van der Waals surface area contributed by atoms with Crippen molar-refractivity contribution in [3.63, 3.8) is 0 Å². The number of rotatable bonds is 3. The third kappa shape index (κ3) is 3.69. The molecule has 0 unspecified atom stereocenters. The third-order valence-electron chi connectivity index (χ3n) is 3.39. The molecular weight excluding hydrogens is 322 g/mol. The van der Waals surface area contributed by atoms with Gasteiger partial charge in [0.05, 0.1) is 10.2 Å². The van der Waals surface area contributed by atoms with E-state index < -0.39 is 6.03 Å². The maximum atomic E-state index is 12.1. The van der Waals surface area contributed by atoms with E-state index in [9.17, 15) is 4.79 Å². The SMILES string of the molecule is CCc1ccccc1NC(=O)NC(N)=Nc1nc2ccccc2s1. The summed E-state index contributed by atoms with van der Waals surface area (Å²) in [4.78, 5) is 20.6. The second-order valence-electron chi connectivity index (χ2n) is 5.05. The number of thiazole rings is 1. The average Bonchev–Trinajstić information content (AvgIpc) is 2.97. The highest BCUT2D eigenvalue weighted by Crippen LogP contribution is 2.27. The van der Waals surface area contributed by atoms with Crippen LogP contribution in [0.1, 0.15) is 12.5 Å². The number of nitrogens with zero attached hydrogens (tertiary/aromatic N) is 2. The summed E-state index contributed by atoms with van der Waals surface area (Å²) in [7, 11) is 0. The van der Waals surface area contributed by atoms with E-state index in [0.717, 1.165) is 27.9 Å². The number of anilines is 1. The van der Waals surface area contributed by atoms with E-state index in [-0.39, 0.29) is 5.96 Å². The van der Waals surface area contributed by atoms with Gasteiger partial charge in [-0.15, -0.1) is 0 Å². The minimum atomic E-state index is -0.432. The van der Waals surface area contributed by atoms with E-state index in [2.05, 4.69) is 20.6 Å². The lowest BCUT2D eigenvalue weighted by atomic mass is 10.1. The van der Waals surface area contributed by atoms with Gasteiger partial charge < -0.3 is 11.1 Å². The number of aryl methyl sites for hydroxylation is 1. The highest BCUT2D eigenvalue weighted by molar-refractivity contribution is 7.22. The number of hydrogen-bond donors (Lipinski definition) is 3. The minimum Gasteiger partial charge on any atom is -0.369 e. The first kappa shape index (κ1) is 15.9. The first-order valence-corrected chi connectivity index (χ1v) is 8.33. The second kappa shape index (κ2) is 7.10. The Balaban J connectivity index is 1.69. The van der Waals surface area contributed by atoms with Crippen LogP contribution in [0, 0.1) is 0 Å². The number of nitrogens with two attached hydrogens (primary N) is 1. The van der Waals surface area contributed by atoms with Gasteiger partial charge in [-0.3, -0.25) is 5.32 Å². The van der Waals surface area contributed by atoms with Crippen LogP contribution in [0.4, 0.5) is 15.6 Å². The number of nitrogens with one attached hydrogen (secondary N) is 2. The summed E-state index contributed by atoms with van der Waals surface area (Å²) in [6.07, 6.45) is 0.825. The summed E-state index contributed by atoms with van der Waals surface area (Å²) < 4.78 is 1.02. The number of carbonyl (C=O) groups is 1.